The third-order valence-corrected chi connectivity index (χ3v) is 5.04. The van der Waals surface area contributed by atoms with E-state index in [1.807, 2.05) is 54.6 Å². The summed E-state index contributed by atoms with van der Waals surface area (Å²) in [7, 11) is 1.58. The van der Waals surface area contributed by atoms with Crippen LogP contribution in [0.2, 0.25) is 0 Å². The minimum Gasteiger partial charge on any atom is -0.497 e. The van der Waals surface area contributed by atoms with Gasteiger partial charge in [-0.3, -0.25) is 14.6 Å². The van der Waals surface area contributed by atoms with E-state index in [9.17, 15) is 9.59 Å². The summed E-state index contributed by atoms with van der Waals surface area (Å²) in [6.45, 7) is 0.606. The second-order valence-electron chi connectivity index (χ2n) is 7.17. The highest BCUT2D eigenvalue weighted by Gasteiger charge is 2.22. The first-order valence-corrected chi connectivity index (χ1v) is 10.3. The Morgan fingerprint density at radius 1 is 1.00 bits per heavy atom. The Balaban J connectivity index is 1.46. The van der Waals surface area contributed by atoms with Gasteiger partial charge in [-0.05, 0) is 35.4 Å². The maximum absolute atomic E-state index is 12.9. The van der Waals surface area contributed by atoms with E-state index in [0.29, 0.717) is 23.4 Å². The molecule has 2 heterocycles. The number of hydrogen-bond acceptors (Lipinski definition) is 5. The number of methoxy groups -OCH3 is 1. The Morgan fingerprint density at radius 2 is 1.78 bits per heavy atom. The van der Waals surface area contributed by atoms with Gasteiger partial charge in [0.25, 0.3) is 5.91 Å². The van der Waals surface area contributed by atoms with Gasteiger partial charge in [0.2, 0.25) is 11.7 Å². The number of amides is 2. The predicted octanol–water partition coefficient (Wildman–Crippen LogP) is 3.94. The van der Waals surface area contributed by atoms with Crippen molar-refractivity contribution < 1.29 is 18.7 Å². The van der Waals surface area contributed by atoms with E-state index in [0.717, 1.165) is 16.5 Å². The van der Waals surface area contributed by atoms with Gasteiger partial charge in [0, 0.05) is 48.9 Å². The lowest BCUT2D eigenvalue weighted by Crippen LogP contribution is -2.30. The zero-order valence-electron chi connectivity index (χ0n) is 17.6. The first-order valence-electron chi connectivity index (χ1n) is 10.3. The molecule has 4 rings (SSSR count). The van der Waals surface area contributed by atoms with Crippen LogP contribution in [0.1, 0.15) is 22.5 Å². The second-order valence-corrected chi connectivity index (χ2v) is 7.17. The molecule has 162 valence electrons. The smallest absolute Gasteiger partial charge is 0.287 e. The molecule has 0 fully saturated rings. The van der Waals surface area contributed by atoms with Crippen LogP contribution in [-0.2, 0) is 11.3 Å². The highest BCUT2D eigenvalue weighted by Crippen LogP contribution is 2.36. The molecule has 2 N–H and O–H groups in total. The molecule has 7 nitrogen and oxygen atoms in total. The van der Waals surface area contributed by atoms with Gasteiger partial charge in [-0.1, -0.05) is 30.3 Å². The van der Waals surface area contributed by atoms with E-state index in [4.69, 9.17) is 9.15 Å². The normalized spacial score (nSPS) is 10.7. The van der Waals surface area contributed by atoms with Gasteiger partial charge < -0.3 is 19.8 Å². The number of nitrogens with one attached hydrogen (secondary N) is 2. The molecule has 2 amide bonds. The van der Waals surface area contributed by atoms with Crippen molar-refractivity contribution in [3.05, 3.63) is 84.4 Å². The Labute approximate surface area is 185 Å². The average molecular weight is 429 g/mol. The highest BCUT2D eigenvalue weighted by molar-refractivity contribution is 6.08. The molecule has 0 saturated heterocycles. The second kappa shape index (κ2) is 9.78. The SMILES string of the molecule is COc1ccc2c(-c3ccccc3)c(C(=O)NCCC(=O)NCc3ccncc3)oc2c1. The molecule has 0 radical (unpaired) electrons. The molecule has 0 aliphatic heterocycles. The molecule has 0 spiro atoms. The zero-order valence-corrected chi connectivity index (χ0v) is 17.6. The summed E-state index contributed by atoms with van der Waals surface area (Å²) in [4.78, 5) is 29.0. The van der Waals surface area contributed by atoms with E-state index in [1.165, 1.54) is 0 Å². The number of carbonyl (C=O) groups excluding carboxylic acids is 2. The van der Waals surface area contributed by atoms with E-state index < -0.39 is 0 Å². The van der Waals surface area contributed by atoms with Crippen LogP contribution in [0.25, 0.3) is 22.1 Å². The van der Waals surface area contributed by atoms with Gasteiger partial charge in [-0.15, -0.1) is 0 Å². The summed E-state index contributed by atoms with van der Waals surface area (Å²) >= 11 is 0. The molecule has 2 aromatic carbocycles. The van der Waals surface area contributed by atoms with Crippen LogP contribution in [-0.4, -0.2) is 30.5 Å². The minimum atomic E-state index is -0.374. The molecule has 0 atom stereocenters. The lowest BCUT2D eigenvalue weighted by Gasteiger charge is -2.07. The van der Waals surface area contributed by atoms with Gasteiger partial charge >= 0.3 is 0 Å². The van der Waals surface area contributed by atoms with Crippen molar-refractivity contribution >= 4 is 22.8 Å². The van der Waals surface area contributed by atoms with E-state index in [2.05, 4.69) is 15.6 Å². The number of pyridine rings is 1. The predicted molar refractivity (Wildman–Crippen MR) is 121 cm³/mol. The van der Waals surface area contributed by atoms with Crippen LogP contribution in [0, 0.1) is 0 Å². The van der Waals surface area contributed by atoms with Gasteiger partial charge in [-0.25, -0.2) is 0 Å². The Hall–Kier alpha value is -4.13. The largest absolute Gasteiger partial charge is 0.497 e. The van der Waals surface area contributed by atoms with E-state index >= 15 is 0 Å². The average Bonchev–Trinajstić information content (AvgIpc) is 3.22. The molecule has 0 aliphatic rings. The van der Waals surface area contributed by atoms with Crippen LogP contribution in [0.3, 0.4) is 0 Å². The fourth-order valence-corrected chi connectivity index (χ4v) is 3.41. The summed E-state index contributed by atoms with van der Waals surface area (Å²) in [5.41, 5.74) is 3.10. The zero-order chi connectivity index (χ0) is 22.3. The quantitative estimate of drug-likeness (QED) is 0.443. The molecule has 32 heavy (non-hydrogen) atoms. The number of nitrogens with zero attached hydrogens (tertiary/aromatic N) is 1. The standard InChI is InChI=1S/C25H23N3O4/c1-31-19-7-8-20-21(15-19)32-24(23(20)18-5-3-2-4-6-18)25(30)27-14-11-22(29)28-16-17-9-12-26-13-10-17/h2-10,12-13,15H,11,14,16H2,1H3,(H,27,30)(H,28,29). The van der Waals surface area contributed by atoms with E-state index in [-0.39, 0.29) is 30.5 Å². The van der Waals surface area contributed by atoms with Crippen LogP contribution in [0.4, 0.5) is 0 Å². The molecule has 0 bridgehead atoms. The minimum absolute atomic E-state index is 0.153. The van der Waals surface area contributed by atoms with Gasteiger partial charge in [-0.2, -0.15) is 0 Å². The van der Waals surface area contributed by atoms with Crippen molar-refractivity contribution in [3.63, 3.8) is 0 Å². The molecular formula is C25H23N3O4. The summed E-state index contributed by atoms with van der Waals surface area (Å²) in [5, 5.41) is 6.44. The number of fused-ring (bicyclic) bond motifs is 1. The van der Waals surface area contributed by atoms with Crippen molar-refractivity contribution in [2.45, 2.75) is 13.0 Å². The van der Waals surface area contributed by atoms with Crippen LogP contribution >= 0.6 is 0 Å². The van der Waals surface area contributed by atoms with Crippen molar-refractivity contribution in [3.8, 4) is 16.9 Å². The first-order chi connectivity index (χ1) is 15.7. The van der Waals surface area contributed by atoms with Crippen LogP contribution in [0.15, 0.2) is 77.5 Å². The lowest BCUT2D eigenvalue weighted by molar-refractivity contribution is -0.121. The summed E-state index contributed by atoms with van der Waals surface area (Å²) < 4.78 is 11.2. The maximum atomic E-state index is 12.9. The number of benzene rings is 2. The maximum Gasteiger partial charge on any atom is 0.287 e. The summed E-state index contributed by atoms with van der Waals surface area (Å²) in [6.07, 6.45) is 3.51. The summed E-state index contributed by atoms with van der Waals surface area (Å²) in [6, 6.07) is 18.7. The van der Waals surface area contributed by atoms with Crippen molar-refractivity contribution in [1.29, 1.82) is 0 Å². The number of aromatic nitrogens is 1. The molecule has 4 aromatic rings. The molecule has 0 saturated carbocycles. The Kier molecular flexibility index (Phi) is 6.46. The van der Waals surface area contributed by atoms with Crippen molar-refractivity contribution in [2.24, 2.45) is 0 Å². The third kappa shape index (κ3) is 4.78. The number of carbonyl (C=O) groups is 2. The van der Waals surface area contributed by atoms with Gasteiger partial charge in [0.15, 0.2) is 0 Å². The Morgan fingerprint density at radius 3 is 2.53 bits per heavy atom. The van der Waals surface area contributed by atoms with Gasteiger partial charge in [0.05, 0.1) is 7.11 Å². The molecule has 7 heteroatoms. The van der Waals surface area contributed by atoms with Crippen LogP contribution < -0.4 is 15.4 Å². The van der Waals surface area contributed by atoms with E-state index in [1.54, 1.807) is 25.6 Å². The van der Waals surface area contributed by atoms with Gasteiger partial charge in [0.1, 0.15) is 11.3 Å². The lowest BCUT2D eigenvalue weighted by atomic mass is 10.0. The fraction of sp³-hybridized carbons (Fsp3) is 0.160. The molecule has 0 unspecified atom stereocenters. The molecule has 0 aliphatic carbocycles. The third-order valence-electron chi connectivity index (χ3n) is 5.04. The number of furan rings is 1. The number of rotatable bonds is 8. The highest BCUT2D eigenvalue weighted by atomic mass is 16.5. The topological polar surface area (TPSA) is 93.5 Å². The fourth-order valence-electron chi connectivity index (χ4n) is 3.41. The van der Waals surface area contributed by atoms with Crippen molar-refractivity contribution in [2.75, 3.05) is 13.7 Å². The Bertz CT molecular complexity index is 1220. The summed E-state index contributed by atoms with van der Waals surface area (Å²) in [5.74, 6) is 0.320. The number of hydrogen-bond donors (Lipinski definition) is 2. The number of ether oxygens (including phenoxy) is 1. The first kappa shape index (κ1) is 21.1. The van der Waals surface area contributed by atoms with Crippen molar-refractivity contribution in [1.82, 2.24) is 15.6 Å². The molecular weight excluding hydrogens is 406 g/mol. The molecule has 2 aromatic heterocycles. The monoisotopic (exact) mass is 429 g/mol. The van der Waals surface area contributed by atoms with Crippen LogP contribution in [0.5, 0.6) is 5.75 Å².